The van der Waals surface area contributed by atoms with Gasteiger partial charge in [0.15, 0.2) is 3.95 Å². The van der Waals surface area contributed by atoms with Gasteiger partial charge in [0, 0.05) is 11.6 Å². The van der Waals surface area contributed by atoms with E-state index < -0.39 is 11.6 Å². The average molecular weight is 230 g/mol. The van der Waals surface area contributed by atoms with Crippen LogP contribution in [-0.2, 0) is 0 Å². The molecule has 1 aromatic heterocycles. The van der Waals surface area contributed by atoms with E-state index in [1.54, 1.807) is 0 Å². The molecule has 2 nitrogen and oxygen atoms in total. The largest absolute Gasteiger partial charge is 0.258 e. The van der Waals surface area contributed by atoms with Crippen molar-refractivity contribution in [1.29, 1.82) is 0 Å². The molecular formula is C8H4F2N2S2. The lowest BCUT2D eigenvalue weighted by Crippen LogP contribution is -1.85. The highest BCUT2D eigenvalue weighted by Gasteiger charge is 2.08. The number of aromatic nitrogens is 2. The number of H-pyrrole nitrogens is 1. The summed E-state index contributed by atoms with van der Waals surface area (Å²) in [6.45, 7) is 0. The molecule has 0 saturated heterocycles. The van der Waals surface area contributed by atoms with Crippen LogP contribution in [0.4, 0.5) is 8.78 Å². The maximum absolute atomic E-state index is 13.2. The summed E-state index contributed by atoms with van der Waals surface area (Å²) in [4.78, 5) is 0. The molecule has 6 heteroatoms. The fourth-order valence-corrected chi connectivity index (χ4v) is 1.92. The lowest BCUT2D eigenvalue weighted by molar-refractivity contribution is 0.585. The molecule has 72 valence electrons. The zero-order chi connectivity index (χ0) is 10.1. The van der Waals surface area contributed by atoms with Crippen LogP contribution in [0.1, 0.15) is 0 Å². The smallest absolute Gasteiger partial charge is 0.176 e. The number of halogens is 2. The van der Waals surface area contributed by atoms with Gasteiger partial charge in [-0.2, -0.15) is 5.10 Å². The molecule has 0 saturated carbocycles. The lowest BCUT2D eigenvalue weighted by Gasteiger charge is -1.96. The van der Waals surface area contributed by atoms with Crippen molar-refractivity contribution in [2.24, 2.45) is 0 Å². The second-order valence-corrected chi connectivity index (χ2v) is 4.21. The van der Waals surface area contributed by atoms with E-state index in [2.05, 4.69) is 10.2 Å². The number of benzene rings is 1. The fourth-order valence-electron chi connectivity index (χ4n) is 1.01. The Kier molecular flexibility index (Phi) is 2.39. The van der Waals surface area contributed by atoms with Crippen molar-refractivity contribution in [3.63, 3.8) is 0 Å². The van der Waals surface area contributed by atoms with Gasteiger partial charge < -0.3 is 0 Å². The molecule has 0 amide bonds. The molecule has 1 heterocycles. The average Bonchev–Trinajstić information content (AvgIpc) is 2.51. The molecule has 1 aromatic carbocycles. The Hall–Kier alpha value is -1.14. The molecule has 0 bridgehead atoms. The first-order valence-electron chi connectivity index (χ1n) is 3.68. The summed E-state index contributed by atoms with van der Waals surface area (Å²) in [5.41, 5.74) is 0.253. The molecule has 2 aromatic rings. The Morgan fingerprint density at radius 1 is 1.36 bits per heavy atom. The monoisotopic (exact) mass is 230 g/mol. The first-order valence-corrected chi connectivity index (χ1v) is 4.90. The van der Waals surface area contributed by atoms with Crippen molar-refractivity contribution in [3.05, 3.63) is 33.8 Å². The van der Waals surface area contributed by atoms with E-state index in [1.807, 2.05) is 0 Å². The van der Waals surface area contributed by atoms with E-state index in [0.717, 1.165) is 17.4 Å². The van der Waals surface area contributed by atoms with E-state index in [0.29, 0.717) is 8.96 Å². The third-order valence-electron chi connectivity index (χ3n) is 1.60. The van der Waals surface area contributed by atoms with Gasteiger partial charge in [0.1, 0.15) is 16.6 Å². The molecule has 0 atom stereocenters. The van der Waals surface area contributed by atoms with Crippen molar-refractivity contribution < 1.29 is 8.78 Å². The normalized spacial score (nSPS) is 10.4. The van der Waals surface area contributed by atoms with Gasteiger partial charge in [0.25, 0.3) is 0 Å². The summed E-state index contributed by atoms with van der Waals surface area (Å²) < 4.78 is 26.3. The van der Waals surface area contributed by atoms with Gasteiger partial charge in [-0.1, -0.05) is 11.3 Å². The van der Waals surface area contributed by atoms with Crippen LogP contribution in [0.2, 0.25) is 0 Å². The first-order chi connectivity index (χ1) is 6.66. The number of aromatic amines is 1. The second-order valence-electron chi connectivity index (χ2n) is 2.54. The first kappa shape index (κ1) is 9.42. The van der Waals surface area contributed by atoms with Crippen LogP contribution in [0.3, 0.4) is 0 Å². The summed E-state index contributed by atoms with van der Waals surface area (Å²) in [7, 11) is 0. The Bertz CT molecular complexity index is 518. The molecule has 0 fully saturated rings. The summed E-state index contributed by atoms with van der Waals surface area (Å²) in [5, 5.41) is 6.76. The third kappa shape index (κ3) is 1.71. The van der Waals surface area contributed by atoms with Crippen LogP contribution in [0.25, 0.3) is 10.6 Å². The van der Waals surface area contributed by atoms with Crippen LogP contribution in [0.15, 0.2) is 18.2 Å². The van der Waals surface area contributed by atoms with Crippen molar-refractivity contribution in [3.8, 4) is 10.6 Å². The van der Waals surface area contributed by atoms with E-state index in [9.17, 15) is 8.78 Å². The molecule has 0 aliphatic heterocycles. The van der Waals surface area contributed by atoms with Gasteiger partial charge in [-0.05, 0) is 24.4 Å². The van der Waals surface area contributed by atoms with E-state index in [-0.39, 0.29) is 5.56 Å². The predicted octanol–water partition coefficient (Wildman–Crippen LogP) is 3.15. The highest BCUT2D eigenvalue weighted by Crippen LogP contribution is 2.24. The number of nitrogens with one attached hydrogen (secondary N) is 1. The quantitative estimate of drug-likeness (QED) is 0.762. The highest BCUT2D eigenvalue weighted by atomic mass is 32.1. The zero-order valence-corrected chi connectivity index (χ0v) is 8.38. The van der Waals surface area contributed by atoms with Crippen LogP contribution in [0.5, 0.6) is 0 Å². The van der Waals surface area contributed by atoms with Crippen LogP contribution < -0.4 is 0 Å². The Balaban J connectivity index is 2.57. The van der Waals surface area contributed by atoms with E-state index in [4.69, 9.17) is 12.2 Å². The standard InChI is InChI=1S/C8H4F2N2S2/c9-4-1-2-5(6(10)3-4)7-11-12-8(13)14-7/h1-3H,(H,12,13). The maximum Gasteiger partial charge on any atom is 0.176 e. The van der Waals surface area contributed by atoms with Crippen LogP contribution >= 0.6 is 23.6 Å². The second kappa shape index (κ2) is 3.55. The minimum absolute atomic E-state index is 0.253. The number of nitrogens with zero attached hydrogens (tertiary/aromatic N) is 1. The highest BCUT2D eigenvalue weighted by molar-refractivity contribution is 7.73. The van der Waals surface area contributed by atoms with E-state index in [1.165, 1.54) is 12.1 Å². The molecule has 1 N–H and O–H groups in total. The molecule has 0 spiro atoms. The minimum Gasteiger partial charge on any atom is -0.258 e. The maximum atomic E-state index is 13.2. The van der Waals surface area contributed by atoms with Crippen LogP contribution in [0, 0.1) is 15.6 Å². The van der Waals surface area contributed by atoms with Crippen LogP contribution in [-0.4, -0.2) is 10.2 Å². The van der Waals surface area contributed by atoms with E-state index >= 15 is 0 Å². The number of hydrogen-bond acceptors (Lipinski definition) is 3. The lowest BCUT2D eigenvalue weighted by atomic mass is 10.2. The molecule has 14 heavy (non-hydrogen) atoms. The minimum atomic E-state index is -0.636. The van der Waals surface area contributed by atoms with Crippen molar-refractivity contribution in [2.75, 3.05) is 0 Å². The number of hydrogen-bond donors (Lipinski definition) is 1. The molecule has 0 aliphatic carbocycles. The molecule has 0 radical (unpaired) electrons. The summed E-state index contributed by atoms with van der Waals surface area (Å²) >= 11 is 5.95. The summed E-state index contributed by atoms with van der Waals surface area (Å²) in [6, 6.07) is 3.34. The molecule has 0 unspecified atom stereocenters. The Labute approximate surface area is 87.2 Å². The molecular weight excluding hydrogens is 226 g/mol. The van der Waals surface area contributed by atoms with Gasteiger partial charge in [-0.25, -0.2) is 8.78 Å². The van der Waals surface area contributed by atoms with Gasteiger partial charge in [-0.3, -0.25) is 5.10 Å². The number of rotatable bonds is 1. The summed E-state index contributed by atoms with van der Waals surface area (Å²) in [5.74, 6) is -1.24. The Morgan fingerprint density at radius 2 is 2.14 bits per heavy atom. The van der Waals surface area contributed by atoms with Crippen molar-refractivity contribution in [2.45, 2.75) is 0 Å². The summed E-state index contributed by atoms with van der Waals surface area (Å²) in [6.07, 6.45) is 0. The zero-order valence-electron chi connectivity index (χ0n) is 6.75. The van der Waals surface area contributed by atoms with Crippen molar-refractivity contribution in [1.82, 2.24) is 10.2 Å². The molecule has 0 aliphatic rings. The van der Waals surface area contributed by atoms with Gasteiger partial charge in [0.2, 0.25) is 0 Å². The van der Waals surface area contributed by atoms with Gasteiger partial charge >= 0.3 is 0 Å². The van der Waals surface area contributed by atoms with Crippen molar-refractivity contribution >= 4 is 23.6 Å². The SMILES string of the molecule is Fc1ccc(-c2n[nH]c(=S)s2)c(F)c1. The van der Waals surface area contributed by atoms with Gasteiger partial charge in [0.05, 0.1) is 0 Å². The fraction of sp³-hybridized carbons (Fsp3) is 0. The third-order valence-corrected chi connectivity index (χ3v) is 2.72. The molecule has 2 rings (SSSR count). The topological polar surface area (TPSA) is 28.7 Å². The Morgan fingerprint density at radius 3 is 2.71 bits per heavy atom. The van der Waals surface area contributed by atoms with Gasteiger partial charge in [-0.15, -0.1) is 0 Å². The predicted molar refractivity (Wildman–Crippen MR) is 52.7 cm³/mol.